The molecule has 2 N–H and O–H groups in total. The molecule has 2 heterocycles. The Labute approximate surface area is 116 Å². The summed E-state index contributed by atoms with van der Waals surface area (Å²) in [6, 6.07) is 4.67. The second-order valence-corrected chi connectivity index (χ2v) is 5.82. The fraction of sp³-hybridized carbons (Fsp3) is 0.500. The molecule has 0 aromatic heterocycles. The van der Waals surface area contributed by atoms with E-state index in [1.54, 1.807) is 6.07 Å². The topological polar surface area (TPSA) is 60.8 Å². The molecule has 1 aromatic carbocycles. The second-order valence-electron chi connectivity index (χ2n) is 5.38. The molecule has 0 spiro atoms. The number of fused-ring (bicyclic) bond motifs is 2. The van der Waals surface area contributed by atoms with Gasteiger partial charge in [-0.1, -0.05) is 11.6 Å². The van der Waals surface area contributed by atoms with Gasteiger partial charge < -0.3 is 15.1 Å². The first-order valence-corrected chi connectivity index (χ1v) is 6.93. The van der Waals surface area contributed by atoms with Crippen LogP contribution in [0.4, 0.5) is 0 Å². The molecule has 5 heteroatoms. The van der Waals surface area contributed by atoms with Gasteiger partial charge in [0.05, 0.1) is 11.7 Å². The Balaban J connectivity index is 1.90. The number of aromatic hydroxyl groups is 1. The normalized spacial score (nSPS) is 29.6. The van der Waals surface area contributed by atoms with Crippen LogP contribution in [0.25, 0.3) is 0 Å². The maximum Gasteiger partial charge on any atom is 0.258 e. The Hall–Kier alpha value is -1.26. The minimum Gasteiger partial charge on any atom is -0.507 e. The first kappa shape index (κ1) is 12.8. The van der Waals surface area contributed by atoms with Crippen molar-refractivity contribution in [2.75, 3.05) is 0 Å². The Morgan fingerprint density at radius 1 is 1.26 bits per heavy atom. The summed E-state index contributed by atoms with van der Waals surface area (Å²) >= 11 is 5.89. The molecule has 102 valence electrons. The third kappa shape index (κ3) is 2.19. The van der Waals surface area contributed by atoms with Gasteiger partial charge in [0.15, 0.2) is 0 Å². The highest BCUT2D eigenvalue weighted by atomic mass is 35.5. The van der Waals surface area contributed by atoms with Crippen LogP contribution in [0.1, 0.15) is 36.0 Å². The highest BCUT2D eigenvalue weighted by Gasteiger charge is 2.43. The average molecular weight is 282 g/mol. The van der Waals surface area contributed by atoms with Gasteiger partial charge in [-0.05, 0) is 43.9 Å². The van der Waals surface area contributed by atoms with Gasteiger partial charge in [-0.3, -0.25) is 4.79 Å². The first-order valence-electron chi connectivity index (χ1n) is 6.55. The smallest absolute Gasteiger partial charge is 0.258 e. The minimum absolute atomic E-state index is 0.0417. The van der Waals surface area contributed by atoms with Gasteiger partial charge >= 0.3 is 0 Å². The van der Waals surface area contributed by atoms with E-state index < -0.39 is 0 Å². The molecule has 1 aromatic rings. The molecule has 1 amide bonds. The Kier molecular flexibility index (Phi) is 3.15. The van der Waals surface area contributed by atoms with Crippen molar-refractivity contribution in [3.8, 4) is 5.75 Å². The fourth-order valence-corrected chi connectivity index (χ4v) is 3.47. The molecular formula is C14H16ClNO3. The van der Waals surface area contributed by atoms with Crippen molar-refractivity contribution in [3.05, 3.63) is 28.8 Å². The highest BCUT2D eigenvalue weighted by Crippen LogP contribution is 2.38. The Morgan fingerprint density at radius 3 is 2.53 bits per heavy atom. The number of benzene rings is 1. The number of nitrogens with zero attached hydrogens (tertiary/aromatic N) is 1. The summed E-state index contributed by atoms with van der Waals surface area (Å²) < 4.78 is 0. The molecule has 4 nitrogen and oxygen atoms in total. The van der Waals surface area contributed by atoms with Gasteiger partial charge in [0.25, 0.3) is 5.91 Å². The van der Waals surface area contributed by atoms with Crippen LogP contribution in [0.3, 0.4) is 0 Å². The van der Waals surface area contributed by atoms with Crippen LogP contribution in [-0.2, 0) is 0 Å². The predicted octanol–water partition coefficient (Wildman–Crippen LogP) is 2.17. The lowest BCUT2D eigenvalue weighted by Crippen LogP contribution is -2.48. The Morgan fingerprint density at radius 2 is 1.89 bits per heavy atom. The number of aliphatic hydroxyl groups excluding tert-OH is 1. The van der Waals surface area contributed by atoms with Crippen molar-refractivity contribution in [1.29, 1.82) is 0 Å². The van der Waals surface area contributed by atoms with Crippen LogP contribution in [0.15, 0.2) is 18.2 Å². The number of hydrogen-bond donors (Lipinski definition) is 2. The highest BCUT2D eigenvalue weighted by molar-refractivity contribution is 6.31. The van der Waals surface area contributed by atoms with Crippen molar-refractivity contribution in [2.24, 2.45) is 0 Å². The first-order chi connectivity index (χ1) is 9.06. The zero-order valence-electron chi connectivity index (χ0n) is 10.4. The molecule has 2 aliphatic rings. The number of rotatable bonds is 1. The number of piperidine rings is 1. The number of hydrogen-bond acceptors (Lipinski definition) is 3. The van der Waals surface area contributed by atoms with E-state index in [1.165, 1.54) is 12.1 Å². The van der Waals surface area contributed by atoms with E-state index in [0.717, 1.165) is 12.8 Å². The van der Waals surface area contributed by atoms with Gasteiger partial charge in [0.1, 0.15) is 5.75 Å². The summed E-state index contributed by atoms with van der Waals surface area (Å²) in [5.74, 6) is -0.223. The van der Waals surface area contributed by atoms with Gasteiger partial charge in [-0.15, -0.1) is 0 Å². The number of phenols is 1. The zero-order valence-corrected chi connectivity index (χ0v) is 11.2. The van der Waals surface area contributed by atoms with Crippen molar-refractivity contribution in [3.63, 3.8) is 0 Å². The number of carbonyl (C=O) groups excluding carboxylic acids is 1. The molecule has 2 unspecified atom stereocenters. The average Bonchev–Trinajstić information content (AvgIpc) is 2.64. The summed E-state index contributed by atoms with van der Waals surface area (Å²) in [6.45, 7) is 0. The van der Waals surface area contributed by atoms with E-state index in [2.05, 4.69) is 0 Å². The molecule has 0 aliphatic carbocycles. The maximum atomic E-state index is 12.6. The monoisotopic (exact) mass is 281 g/mol. The summed E-state index contributed by atoms with van der Waals surface area (Å²) in [6.07, 6.45) is 2.80. The molecule has 2 fully saturated rings. The van der Waals surface area contributed by atoms with E-state index in [1.807, 2.05) is 4.90 Å². The van der Waals surface area contributed by atoms with Crippen LogP contribution >= 0.6 is 11.6 Å². The summed E-state index contributed by atoms with van der Waals surface area (Å²) in [5, 5.41) is 20.0. The van der Waals surface area contributed by atoms with Gasteiger partial charge in [0.2, 0.25) is 0 Å². The Bertz CT molecular complexity index is 505. The minimum atomic E-state index is -0.311. The quantitative estimate of drug-likeness (QED) is 0.829. The van der Waals surface area contributed by atoms with Crippen molar-refractivity contribution in [2.45, 2.75) is 43.9 Å². The van der Waals surface area contributed by atoms with E-state index in [9.17, 15) is 15.0 Å². The maximum absolute atomic E-state index is 12.6. The van der Waals surface area contributed by atoms with E-state index >= 15 is 0 Å². The van der Waals surface area contributed by atoms with Gasteiger partial charge in [0, 0.05) is 17.1 Å². The van der Waals surface area contributed by atoms with Crippen molar-refractivity contribution in [1.82, 2.24) is 4.90 Å². The molecule has 0 saturated carbocycles. The van der Waals surface area contributed by atoms with E-state index in [-0.39, 0.29) is 35.4 Å². The van der Waals surface area contributed by atoms with Crippen LogP contribution in [0.5, 0.6) is 5.75 Å². The van der Waals surface area contributed by atoms with Crippen molar-refractivity contribution < 1.29 is 15.0 Å². The van der Waals surface area contributed by atoms with Crippen LogP contribution in [0.2, 0.25) is 5.02 Å². The molecule has 3 rings (SSSR count). The predicted molar refractivity (Wildman–Crippen MR) is 71.3 cm³/mol. The summed E-state index contributed by atoms with van der Waals surface area (Å²) in [5.41, 5.74) is 0.251. The lowest BCUT2D eigenvalue weighted by Gasteiger charge is -2.37. The van der Waals surface area contributed by atoms with Gasteiger partial charge in [-0.25, -0.2) is 0 Å². The zero-order chi connectivity index (χ0) is 13.6. The SMILES string of the molecule is O=C(c1cc(Cl)ccc1O)N1C2CCC1CC(O)C2. The van der Waals surface area contributed by atoms with Gasteiger partial charge in [-0.2, -0.15) is 0 Å². The van der Waals surface area contributed by atoms with Crippen LogP contribution < -0.4 is 0 Å². The largest absolute Gasteiger partial charge is 0.507 e. The van der Waals surface area contributed by atoms with E-state index in [4.69, 9.17) is 11.6 Å². The third-order valence-corrected chi connectivity index (χ3v) is 4.37. The number of halogens is 1. The summed E-state index contributed by atoms with van der Waals surface area (Å²) in [7, 11) is 0. The molecule has 0 radical (unpaired) electrons. The molecular weight excluding hydrogens is 266 g/mol. The molecule has 2 atom stereocenters. The molecule has 2 bridgehead atoms. The number of carbonyl (C=O) groups is 1. The molecule has 19 heavy (non-hydrogen) atoms. The molecule has 2 saturated heterocycles. The fourth-order valence-electron chi connectivity index (χ4n) is 3.30. The number of amides is 1. The third-order valence-electron chi connectivity index (χ3n) is 4.13. The number of phenolic OH excluding ortho intramolecular Hbond substituents is 1. The van der Waals surface area contributed by atoms with Crippen molar-refractivity contribution >= 4 is 17.5 Å². The lowest BCUT2D eigenvalue weighted by atomic mass is 9.98. The second kappa shape index (κ2) is 4.69. The van der Waals surface area contributed by atoms with Crippen LogP contribution in [0, 0.1) is 0 Å². The van der Waals surface area contributed by atoms with E-state index in [0.29, 0.717) is 17.9 Å². The number of aliphatic hydroxyl groups is 1. The molecule has 2 aliphatic heterocycles. The van der Waals surface area contributed by atoms with Crippen LogP contribution in [-0.4, -0.2) is 39.2 Å². The standard InChI is InChI=1S/C14H16ClNO3/c15-8-1-4-13(18)12(5-8)14(19)16-9-2-3-10(16)7-11(17)6-9/h1,4-5,9-11,17-18H,2-3,6-7H2. The summed E-state index contributed by atoms with van der Waals surface area (Å²) in [4.78, 5) is 14.4. The lowest BCUT2D eigenvalue weighted by molar-refractivity contribution is 0.0285.